The molecule has 2 unspecified atom stereocenters. The van der Waals surface area contributed by atoms with Gasteiger partial charge in [-0.05, 0) is 150 Å². The Morgan fingerprint density at radius 1 is 0.514 bits per heavy atom. The van der Waals surface area contributed by atoms with Crippen molar-refractivity contribution in [3.05, 3.63) is 168 Å². The first kappa shape index (κ1) is 93.5. The summed E-state index contributed by atoms with van der Waals surface area (Å²) in [4.78, 5) is 72.8. The molecule has 35 heteroatoms. The van der Waals surface area contributed by atoms with Gasteiger partial charge in [-0.1, -0.05) is 113 Å². The lowest BCUT2D eigenvalue weighted by Crippen LogP contribution is -2.45. The van der Waals surface area contributed by atoms with Crippen molar-refractivity contribution in [1.82, 2.24) is 30.4 Å². The molecule has 4 amide bonds. The second kappa shape index (κ2) is 37.9. The number of halogens is 12. The average Bonchev–Trinajstić information content (AvgIpc) is 1.70. The number of hydrogen-bond acceptors (Lipinski definition) is 20. The Morgan fingerprint density at radius 2 is 0.883 bits per heavy atom. The predicted octanol–water partition coefficient (Wildman–Crippen LogP) is 20.4. The van der Waals surface area contributed by atoms with Crippen LogP contribution in [-0.4, -0.2) is 107 Å². The molecule has 0 bridgehead atoms. The number of amides is 4. The number of anilines is 2. The quantitative estimate of drug-likeness (QED) is 0.0290. The Balaban J connectivity index is 0.000000429. The van der Waals surface area contributed by atoms with Crippen molar-refractivity contribution in [3.63, 3.8) is 0 Å². The van der Waals surface area contributed by atoms with Gasteiger partial charge in [-0.15, -0.1) is 46.7 Å². The minimum atomic E-state index is -5.32. The Hall–Kier alpha value is -9.90. The molecule has 6 rings (SSSR count). The average molecular weight is 1590 g/mol. The highest BCUT2D eigenvalue weighted by molar-refractivity contribution is 6.12. The molecular weight excluding hydrogens is 1490 g/mol. The second-order valence-electron chi connectivity index (χ2n) is 29.5. The highest BCUT2D eigenvalue weighted by Crippen LogP contribution is 2.50. The smallest absolute Gasteiger partial charge is 0.426 e. The molecule has 23 nitrogen and oxygen atoms in total. The number of benzene rings is 2. The maximum absolute atomic E-state index is 15.2. The number of allylic oxidation sites excluding steroid dienone is 2. The molecule has 0 aliphatic carbocycles. The molecule has 612 valence electrons. The van der Waals surface area contributed by atoms with Gasteiger partial charge in [0, 0.05) is 6.42 Å². The van der Waals surface area contributed by atoms with Gasteiger partial charge >= 0.3 is 49.1 Å². The number of imide groups is 2. The predicted molar refractivity (Wildman–Crippen MR) is 384 cm³/mol. The zero-order chi connectivity index (χ0) is 84.4. The molecule has 0 saturated heterocycles. The van der Waals surface area contributed by atoms with E-state index in [1.165, 1.54) is 126 Å². The van der Waals surface area contributed by atoms with Crippen LogP contribution in [0, 0.1) is 11.8 Å². The summed E-state index contributed by atoms with van der Waals surface area (Å²) in [7, 11) is 0. The van der Waals surface area contributed by atoms with Crippen LogP contribution in [0.1, 0.15) is 183 Å². The van der Waals surface area contributed by atoms with Gasteiger partial charge in [0.05, 0.1) is 30.7 Å². The number of hydrogen-bond donors (Lipinski definition) is 2. The molecule has 0 aliphatic rings. The van der Waals surface area contributed by atoms with Crippen molar-refractivity contribution in [2.24, 2.45) is 11.8 Å². The minimum Gasteiger partial charge on any atom is -0.473 e. The maximum atomic E-state index is 15.2. The van der Waals surface area contributed by atoms with E-state index in [-0.39, 0.29) is 41.2 Å². The van der Waals surface area contributed by atoms with Crippen molar-refractivity contribution < 1.29 is 119 Å². The monoisotopic (exact) mass is 1590 g/mol. The van der Waals surface area contributed by atoms with E-state index in [4.69, 9.17) is 47.1 Å². The normalized spacial score (nSPS) is 14.0. The Kier molecular flexibility index (Phi) is 31.9. The van der Waals surface area contributed by atoms with Crippen molar-refractivity contribution in [2.45, 2.75) is 233 Å². The number of pyridine rings is 2. The zero-order valence-electron chi connectivity index (χ0n) is 64.4. The lowest BCUT2D eigenvalue weighted by atomic mass is 9.96. The van der Waals surface area contributed by atoms with Crippen molar-refractivity contribution in [2.75, 3.05) is 9.80 Å². The Bertz CT molecular complexity index is 4110. The summed E-state index contributed by atoms with van der Waals surface area (Å²) in [6.45, 7) is 37.2. The second-order valence-corrected chi connectivity index (χ2v) is 29.5. The lowest BCUT2D eigenvalue weighted by Gasteiger charge is -2.32. The first-order chi connectivity index (χ1) is 51.0. The van der Waals surface area contributed by atoms with E-state index in [0.29, 0.717) is 29.5 Å². The number of carbonyl (C=O) groups is 4. The summed E-state index contributed by atoms with van der Waals surface area (Å²) in [5.74, 6) is -5.36. The molecule has 4 heterocycles. The number of nitrogens with zero attached hydrogens (tertiary/aromatic N) is 7. The number of ether oxygens (including phenoxy) is 7. The van der Waals surface area contributed by atoms with Crippen LogP contribution in [0.3, 0.4) is 0 Å². The van der Waals surface area contributed by atoms with Crippen LogP contribution in [-0.2, 0) is 65.2 Å². The number of alkyl halides is 12. The third kappa shape index (κ3) is 26.7. The molecule has 0 radical (unpaired) electrons. The Labute approximate surface area is 634 Å². The number of aliphatic hydroxyl groups is 1. The summed E-state index contributed by atoms with van der Waals surface area (Å²) in [6, 6.07) is 16.2. The van der Waals surface area contributed by atoms with Crippen molar-refractivity contribution in [3.8, 4) is 29.0 Å². The van der Waals surface area contributed by atoms with E-state index in [1.54, 1.807) is 56.3 Å². The number of aromatic amines is 1. The first-order valence-corrected chi connectivity index (χ1v) is 34.5. The Morgan fingerprint density at radius 3 is 1.22 bits per heavy atom. The summed E-state index contributed by atoms with van der Waals surface area (Å²) >= 11 is 0. The molecule has 2 N–H and O–H groups in total. The van der Waals surface area contributed by atoms with E-state index >= 15 is 13.2 Å². The molecule has 0 spiro atoms. The number of aromatic nitrogens is 6. The molecule has 2 aromatic carbocycles. The number of rotatable bonds is 26. The van der Waals surface area contributed by atoms with Crippen molar-refractivity contribution in [1.29, 1.82) is 0 Å². The first-order valence-electron chi connectivity index (χ1n) is 34.5. The summed E-state index contributed by atoms with van der Waals surface area (Å²) in [5, 5.41) is 23.6. The minimum absolute atomic E-state index is 0.0293. The van der Waals surface area contributed by atoms with Gasteiger partial charge in [-0.25, -0.2) is 24.2 Å². The largest absolute Gasteiger partial charge is 0.473 e. The number of nitrogens with one attached hydrogen (secondary N) is 1. The third-order valence-corrected chi connectivity index (χ3v) is 14.9. The fraction of sp³-hybridized carbons (Fsp3) is 0.500. The summed E-state index contributed by atoms with van der Waals surface area (Å²) in [6.07, 6.45) is -24.0. The topological polar surface area (TPSA) is 283 Å². The molecule has 0 saturated carbocycles. The van der Waals surface area contributed by atoms with Gasteiger partial charge in [0.2, 0.25) is 17.1 Å². The standard InChI is InChI=1S/C38H46F6N4O7.C31H34F6N4O7.C7H14O/c1-11-13-20-36(38(42,43)44,51-22-24-18-15-14-16-19-24)31-47-46-30(53-31)28-26(48(32(49)54-34(5,6)7)33(50)55-35(8,9)10)21-25(37(39,40)41)29(45-28)52-27(17-12-2)23(3)4;1-8-9-15-29(31(35,36)37,45-17-18-13-11-10-12-14-18)24-40-39-23(46-24)21-20(16-19(22(42)38-21)30(32,33)34)41(25(43)47-27(2,3)4)26(44)48-28(5,6)7;1-4-5-7(8)6(2)3/h11-12,14-16,18-19,21,23,27H,1-2,13,17,20,22H2,3-10H3;8,10-14,16H,1,9,15,17H2,2-7H3,(H,38,42);4,6-8H,1,5H2,2-3H3/t27?,36-;29-;/m11./s1. The van der Waals surface area contributed by atoms with E-state index in [1.807, 2.05) is 18.8 Å². The van der Waals surface area contributed by atoms with Gasteiger partial charge in [-0.3, -0.25) is 4.79 Å². The highest BCUT2D eigenvalue weighted by atomic mass is 19.4. The van der Waals surface area contributed by atoms with E-state index in [2.05, 4.69) is 51.7 Å². The summed E-state index contributed by atoms with van der Waals surface area (Å²) in [5.41, 5.74) is -20.1. The van der Waals surface area contributed by atoms with E-state index in [9.17, 15) is 63.5 Å². The van der Waals surface area contributed by atoms with Crippen LogP contribution in [0.5, 0.6) is 5.88 Å². The number of H-pyrrole nitrogens is 1. The molecular formula is C76H94F12N8O15. The number of carbonyl (C=O) groups excluding carboxylic acids is 4. The van der Waals surface area contributed by atoms with Crippen LogP contribution >= 0.6 is 0 Å². The SMILES string of the molecule is C=CCC(O)C(C)C.C=CCC[C@@](OCc1ccccc1)(c1nnc(-c2[nH]c(=O)c(C(F)(F)F)cc2N(C(=O)OC(C)(C)C)C(=O)OC(C)(C)C)o1)C(F)(F)F.C=CCC[C@@](OCc1ccccc1)(c1nnc(-c2nc(OC(CC=C)C(C)C)c(C(F)(F)F)cc2N(C(=O)OC(C)(C)C)C(=O)OC(C)(C)C)o1)C(F)(F)F. The van der Waals surface area contributed by atoms with E-state index < -0.39 is 190 Å². The van der Waals surface area contributed by atoms with Crippen LogP contribution in [0.25, 0.3) is 23.2 Å². The summed E-state index contributed by atoms with van der Waals surface area (Å²) < 4.78 is 226. The lowest BCUT2D eigenvalue weighted by molar-refractivity contribution is -0.299. The van der Waals surface area contributed by atoms with Gasteiger partial charge in [0.25, 0.3) is 29.1 Å². The van der Waals surface area contributed by atoms with Gasteiger partial charge in [0.15, 0.2) is 5.69 Å². The molecule has 0 aliphatic heterocycles. The molecule has 6 aromatic rings. The fourth-order valence-electron chi connectivity index (χ4n) is 9.47. The zero-order valence-corrected chi connectivity index (χ0v) is 64.4. The maximum Gasteiger partial charge on any atom is 0.426 e. The third-order valence-electron chi connectivity index (χ3n) is 14.9. The highest BCUT2D eigenvalue weighted by Gasteiger charge is 2.62. The fourth-order valence-corrected chi connectivity index (χ4v) is 9.47. The van der Waals surface area contributed by atoms with Gasteiger partial charge in [0.1, 0.15) is 45.3 Å². The van der Waals surface area contributed by atoms with Gasteiger partial charge in [-0.2, -0.15) is 62.5 Å². The van der Waals surface area contributed by atoms with Crippen LogP contribution in [0.2, 0.25) is 0 Å². The number of aliphatic hydroxyl groups excluding tert-OH is 1. The van der Waals surface area contributed by atoms with Crippen LogP contribution in [0.4, 0.5) is 83.2 Å². The van der Waals surface area contributed by atoms with Gasteiger partial charge < -0.3 is 52.1 Å². The molecule has 4 atom stereocenters. The van der Waals surface area contributed by atoms with Crippen molar-refractivity contribution >= 4 is 35.7 Å². The molecule has 4 aromatic heterocycles. The van der Waals surface area contributed by atoms with E-state index in [0.717, 1.165) is 0 Å². The van der Waals surface area contributed by atoms with Crippen LogP contribution in [0.15, 0.2) is 137 Å². The molecule has 111 heavy (non-hydrogen) atoms. The van der Waals surface area contributed by atoms with Crippen LogP contribution < -0.4 is 20.1 Å². The molecule has 0 fully saturated rings.